The van der Waals surface area contributed by atoms with Crippen LogP contribution < -0.4 is 26.2 Å². The maximum absolute atomic E-state index is 12.9. The number of benzene rings is 1. The van der Waals surface area contributed by atoms with Crippen LogP contribution in [0.15, 0.2) is 24.4 Å². The lowest BCUT2D eigenvalue weighted by Crippen LogP contribution is -2.42. The normalized spacial score (nSPS) is 17.0. The van der Waals surface area contributed by atoms with Gasteiger partial charge in [0.05, 0.1) is 11.4 Å². The lowest BCUT2D eigenvalue weighted by Gasteiger charge is -2.35. The summed E-state index contributed by atoms with van der Waals surface area (Å²) >= 11 is 0. The Kier molecular flexibility index (Phi) is 6.64. The number of rotatable bonds is 5. The predicted octanol–water partition coefficient (Wildman–Crippen LogP) is 3.24. The molecular formula is C23H32N8O2. The second kappa shape index (κ2) is 9.62. The Hall–Kier alpha value is -3.40. The molecule has 0 bridgehead atoms. The molecule has 10 heteroatoms. The smallest absolute Gasteiger partial charge is 0.319 e. The second-order valence-corrected chi connectivity index (χ2v) is 8.82. The molecule has 176 valence electrons. The number of anilines is 5. The van der Waals surface area contributed by atoms with E-state index in [0.29, 0.717) is 40.4 Å². The van der Waals surface area contributed by atoms with Gasteiger partial charge >= 0.3 is 6.03 Å². The molecule has 1 unspecified atom stereocenters. The van der Waals surface area contributed by atoms with Crippen molar-refractivity contribution in [3.63, 3.8) is 0 Å². The first-order valence-corrected chi connectivity index (χ1v) is 11.4. The zero-order chi connectivity index (χ0) is 23.5. The second-order valence-electron chi connectivity index (χ2n) is 8.82. The fourth-order valence-corrected chi connectivity index (χ4v) is 3.99. The highest BCUT2D eigenvalue weighted by molar-refractivity contribution is 6.11. The molecule has 0 spiro atoms. The number of aromatic nitrogens is 2. The van der Waals surface area contributed by atoms with Crippen molar-refractivity contribution in [1.82, 2.24) is 20.2 Å². The lowest BCUT2D eigenvalue weighted by atomic mass is 10.0. The SMILES string of the molecule is CCC(C)NC(=O)Nc1ccc2c(c1)NC(=O)c1cnc(N(C)C3CCN(C)CC3)nc1N2. The van der Waals surface area contributed by atoms with Crippen LogP contribution in [-0.2, 0) is 0 Å². The fourth-order valence-electron chi connectivity index (χ4n) is 3.99. The van der Waals surface area contributed by atoms with Gasteiger partial charge in [0.15, 0.2) is 0 Å². The zero-order valence-corrected chi connectivity index (χ0v) is 19.6. The van der Waals surface area contributed by atoms with Crippen molar-refractivity contribution in [2.75, 3.05) is 48.0 Å². The van der Waals surface area contributed by atoms with Gasteiger partial charge in [0.25, 0.3) is 5.91 Å². The van der Waals surface area contributed by atoms with Crippen LogP contribution in [0.25, 0.3) is 0 Å². The maximum atomic E-state index is 12.9. The molecule has 4 rings (SSSR count). The molecule has 1 fully saturated rings. The van der Waals surface area contributed by atoms with Crippen LogP contribution in [0.2, 0.25) is 0 Å². The molecule has 0 saturated carbocycles. The van der Waals surface area contributed by atoms with E-state index in [9.17, 15) is 9.59 Å². The summed E-state index contributed by atoms with van der Waals surface area (Å²) in [6, 6.07) is 5.47. The molecule has 1 saturated heterocycles. The quantitative estimate of drug-likeness (QED) is 0.551. The van der Waals surface area contributed by atoms with Gasteiger partial charge in [0, 0.05) is 31.0 Å². The number of likely N-dealkylation sites (tertiary alicyclic amines) is 1. The van der Waals surface area contributed by atoms with E-state index in [1.807, 2.05) is 27.0 Å². The maximum Gasteiger partial charge on any atom is 0.319 e. The van der Waals surface area contributed by atoms with E-state index >= 15 is 0 Å². The van der Waals surface area contributed by atoms with E-state index < -0.39 is 0 Å². The number of hydrogen-bond donors (Lipinski definition) is 4. The Balaban J connectivity index is 1.53. The third-order valence-corrected chi connectivity index (χ3v) is 6.34. The monoisotopic (exact) mass is 452 g/mol. The van der Waals surface area contributed by atoms with Crippen molar-refractivity contribution in [2.24, 2.45) is 0 Å². The highest BCUT2D eigenvalue weighted by atomic mass is 16.2. The first-order valence-electron chi connectivity index (χ1n) is 11.4. The Morgan fingerprint density at radius 3 is 2.76 bits per heavy atom. The zero-order valence-electron chi connectivity index (χ0n) is 19.6. The number of amides is 3. The number of piperidine rings is 1. The molecule has 2 aliphatic rings. The Labute approximate surface area is 194 Å². The minimum atomic E-state index is -0.300. The van der Waals surface area contributed by atoms with E-state index in [1.165, 1.54) is 0 Å². The molecule has 3 amide bonds. The molecule has 10 nitrogen and oxygen atoms in total. The third-order valence-electron chi connectivity index (χ3n) is 6.34. The fraction of sp³-hybridized carbons (Fsp3) is 0.478. The highest BCUT2D eigenvalue weighted by Crippen LogP contribution is 2.33. The topological polar surface area (TPSA) is 115 Å². The number of hydrogen-bond acceptors (Lipinski definition) is 7. The van der Waals surface area contributed by atoms with Crippen molar-refractivity contribution >= 4 is 40.8 Å². The summed E-state index contributed by atoms with van der Waals surface area (Å²) in [6.45, 7) is 6.03. The molecule has 2 aromatic rings. The largest absolute Gasteiger partial charge is 0.341 e. The average molecular weight is 453 g/mol. The summed E-state index contributed by atoms with van der Waals surface area (Å²) in [5.41, 5.74) is 2.21. The lowest BCUT2D eigenvalue weighted by molar-refractivity contribution is 0.102. The van der Waals surface area contributed by atoms with Gasteiger partial charge in [0.2, 0.25) is 5.95 Å². The molecule has 1 aromatic heterocycles. The van der Waals surface area contributed by atoms with Crippen LogP contribution >= 0.6 is 0 Å². The average Bonchev–Trinajstić information content (AvgIpc) is 2.93. The molecule has 1 aromatic carbocycles. The van der Waals surface area contributed by atoms with Gasteiger partial charge < -0.3 is 31.1 Å². The Morgan fingerprint density at radius 2 is 2.03 bits per heavy atom. The molecule has 1 atom stereocenters. The highest BCUT2D eigenvalue weighted by Gasteiger charge is 2.26. The van der Waals surface area contributed by atoms with E-state index in [4.69, 9.17) is 0 Å². The van der Waals surface area contributed by atoms with Crippen molar-refractivity contribution in [3.8, 4) is 0 Å². The van der Waals surface area contributed by atoms with Crippen LogP contribution in [0.5, 0.6) is 0 Å². The summed E-state index contributed by atoms with van der Waals surface area (Å²) < 4.78 is 0. The van der Waals surface area contributed by atoms with Crippen LogP contribution in [0, 0.1) is 0 Å². The Morgan fingerprint density at radius 1 is 1.27 bits per heavy atom. The Bertz CT molecular complexity index is 1040. The number of nitrogens with one attached hydrogen (secondary N) is 4. The minimum absolute atomic E-state index is 0.0714. The molecule has 0 aliphatic carbocycles. The molecule has 0 radical (unpaired) electrons. The number of urea groups is 1. The van der Waals surface area contributed by atoms with Crippen LogP contribution in [0.4, 0.5) is 33.6 Å². The molecular weight excluding hydrogens is 420 g/mol. The molecule has 2 aliphatic heterocycles. The van der Waals surface area contributed by atoms with Gasteiger partial charge in [-0.1, -0.05) is 6.92 Å². The number of nitrogens with zero attached hydrogens (tertiary/aromatic N) is 4. The summed E-state index contributed by atoms with van der Waals surface area (Å²) in [7, 11) is 4.14. The molecule has 3 heterocycles. The number of carbonyl (C=O) groups is 2. The van der Waals surface area contributed by atoms with E-state index in [1.54, 1.807) is 18.3 Å². The van der Waals surface area contributed by atoms with Gasteiger partial charge in [-0.05, 0) is 64.5 Å². The van der Waals surface area contributed by atoms with Gasteiger partial charge in [-0.2, -0.15) is 4.98 Å². The first kappa shape index (κ1) is 22.8. The van der Waals surface area contributed by atoms with Gasteiger partial charge in [-0.3, -0.25) is 4.79 Å². The van der Waals surface area contributed by atoms with E-state index in [2.05, 4.69) is 48.1 Å². The van der Waals surface area contributed by atoms with Crippen molar-refractivity contribution in [3.05, 3.63) is 30.0 Å². The number of fused-ring (bicyclic) bond motifs is 2. The summed E-state index contributed by atoms with van der Waals surface area (Å²) in [5.74, 6) is 0.754. The summed E-state index contributed by atoms with van der Waals surface area (Å²) in [6.07, 6.45) is 4.50. The summed E-state index contributed by atoms with van der Waals surface area (Å²) in [5, 5.41) is 11.8. The summed E-state index contributed by atoms with van der Waals surface area (Å²) in [4.78, 5) is 38.6. The molecule has 4 N–H and O–H groups in total. The van der Waals surface area contributed by atoms with Gasteiger partial charge in [-0.15, -0.1) is 0 Å². The van der Waals surface area contributed by atoms with Crippen molar-refractivity contribution in [1.29, 1.82) is 0 Å². The van der Waals surface area contributed by atoms with Crippen LogP contribution in [0.3, 0.4) is 0 Å². The van der Waals surface area contributed by atoms with E-state index in [0.717, 1.165) is 32.4 Å². The van der Waals surface area contributed by atoms with Crippen LogP contribution in [0.1, 0.15) is 43.5 Å². The molecule has 33 heavy (non-hydrogen) atoms. The van der Waals surface area contributed by atoms with Crippen molar-refractivity contribution < 1.29 is 9.59 Å². The minimum Gasteiger partial charge on any atom is -0.341 e. The van der Waals surface area contributed by atoms with Gasteiger partial charge in [-0.25, -0.2) is 9.78 Å². The van der Waals surface area contributed by atoms with Crippen molar-refractivity contribution in [2.45, 2.75) is 45.2 Å². The van der Waals surface area contributed by atoms with Gasteiger partial charge in [0.1, 0.15) is 11.4 Å². The predicted molar refractivity (Wildman–Crippen MR) is 131 cm³/mol. The first-order chi connectivity index (χ1) is 15.8. The van der Waals surface area contributed by atoms with E-state index in [-0.39, 0.29) is 18.0 Å². The third kappa shape index (κ3) is 5.16. The number of carbonyl (C=O) groups excluding carboxylic acids is 2. The van der Waals surface area contributed by atoms with Crippen LogP contribution in [-0.4, -0.2) is 66.1 Å². The standard InChI is InChI=1S/C23H32N8O2/c1-5-14(2)25-23(33)26-15-6-7-18-19(12-15)28-21(32)17-13-24-22(29-20(17)27-18)31(4)16-8-10-30(3)11-9-16/h6-7,12-14,16H,5,8-11H2,1-4H3,(H,28,32)(H,24,27,29)(H2,25,26,33).